The largest absolute Gasteiger partial charge is 0.465 e. The number of methoxy groups -OCH3 is 1. The van der Waals surface area contributed by atoms with Gasteiger partial charge in [0.1, 0.15) is 4.88 Å². The van der Waals surface area contributed by atoms with Gasteiger partial charge >= 0.3 is 5.97 Å². The molecule has 0 aliphatic carbocycles. The van der Waals surface area contributed by atoms with Crippen LogP contribution >= 0.6 is 46.9 Å². The number of benzene rings is 2. The van der Waals surface area contributed by atoms with Gasteiger partial charge in [-0.15, -0.1) is 23.1 Å². The molecule has 0 saturated heterocycles. The zero-order chi connectivity index (χ0) is 18.7. The molecule has 134 valence electrons. The van der Waals surface area contributed by atoms with Crippen molar-refractivity contribution in [3.05, 3.63) is 52.4 Å². The van der Waals surface area contributed by atoms with Crippen LogP contribution in [0.5, 0.6) is 0 Å². The first-order valence-electron chi connectivity index (χ1n) is 7.55. The highest BCUT2D eigenvalue weighted by molar-refractivity contribution is 7.98. The number of anilines is 2. The molecule has 3 aromatic rings. The maximum Gasteiger partial charge on any atom is 0.349 e. The van der Waals surface area contributed by atoms with Crippen molar-refractivity contribution in [3.8, 4) is 0 Å². The molecule has 26 heavy (non-hydrogen) atoms. The van der Waals surface area contributed by atoms with Crippen molar-refractivity contribution in [1.29, 1.82) is 0 Å². The third-order valence-electron chi connectivity index (χ3n) is 3.61. The topological polar surface area (TPSA) is 50.4 Å². The summed E-state index contributed by atoms with van der Waals surface area (Å²) in [6.07, 6.45) is 2.02. The van der Waals surface area contributed by atoms with Crippen molar-refractivity contribution in [2.24, 2.45) is 0 Å². The second-order valence-corrected chi connectivity index (χ2v) is 7.91. The monoisotopic (exact) mass is 422 g/mol. The van der Waals surface area contributed by atoms with E-state index in [0.717, 1.165) is 26.4 Å². The Balaban J connectivity index is 1.80. The molecule has 1 aromatic heterocycles. The number of thiocarbonyl (C=S) groups is 1. The fraction of sp³-hybridized carbons (Fsp3) is 0.111. The van der Waals surface area contributed by atoms with Crippen LogP contribution in [0.15, 0.2) is 47.4 Å². The molecule has 0 saturated carbocycles. The van der Waals surface area contributed by atoms with Crippen molar-refractivity contribution in [2.45, 2.75) is 4.90 Å². The van der Waals surface area contributed by atoms with Gasteiger partial charge in [-0.25, -0.2) is 4.79 Å². The molecule has 0 aliphatic rings. The number of hydrogen-bond acceptors (Lipinski definition) is 5. The highest BCUT2D eigenvalue weighted by atomic mass is 35.5. The molecule has 0 bridgehead atoms. The van der Waals surface area contributed by atoms with Gasteiger partial charge in [-0.2, -0.15) is 0 Å². The van der Waals surface area contributed by atoms with Crippen molar-refractivity contribution < 1.29 is 9.53 Å². The minimum Gasteiger partial charge on any atom is -0.465 e. The van der Waals surface area contributed by atoms with Crippen LogP contribution in [0.3, 0.4) is 0 Å². The fourth-order valence-corrected chi connectivity index (χ4v) is 4.65. The molecule has 0 unspecified atom stereocenters. The molecule has 1 heterocycles. The Morgan fingerprint density at radius 3 is 2.73 bits per heavy atom. The van der Waals surface area contributed by atoms with Gasteiger partial charge in [-0.1, -0.05) is 23.7 Å². The average molecular weight is 423 g/mol. The minimum absolute atomic E-state index is 0.399. The molecular weight excluding hydrogens is 408 g/mol. The first-order valence-corrected chi connectivity index (χ1v) is 10.4. The predicted octanol–water partition coefficient (Wildman–Crippen LogP) is 5.87. The smallest absolute Gasteiger partial charge is 0.349 e. The van der Waals surface area contributed by atoms with E-state index in [1.807, 2.05) is 48.7 Å². The van der Waals surface area contributed by atoms with E-state index in [1.54, 1.807) is 11.8 Å². The highest BCUT2D eigenvalue weighted by Crippen LogP contribution is 2.37. The summed E-state index contributed by atoms with van der Waals surface area (Å²) in [7, 11) is 1.34. The molecule has 0 spiro atoms. The molecule has 0 radical (unpaired) electrons. The number of thioether (sulfide) groups is 1. The number of hydrogen-bond donors (Lipinski definition) is 2. The van der Waals surface area contributed by atoms with Gasteiger partial charge in [0.15, 0.2) is 5.11 Å². The number of fused-ring (bicyclic) bond motifs is 1. The van der Waals surface area contributed by atoms with Crippen LogP contribution in [-0.4, -0.2) is 24.4 Å². The number of halogens is 1. The van der Waals surface area contributed by atoms with Crippen LogP contribution < -0.4 is 10.6 Å². The van der Waals surface area contributed by atoms with Gasteiger partial charge in [-0.3, -0.25) is 0 Å². The number of nitrogens with one attached hydrogen (secondary N) is 2. The lowest BCUT2D eigenvalue weighted by atomic mass is 10.2. The van der Waals surface area contributed by atoms with Gasteiger partial charge in [-0.05, 0) is 48.8 Å². The Kier molecular flexibility index (Phi) is 6.03. The zero-order valence-corrected chi connectivity index (χ0v) is 17.2. The van der Waals surface area contributed by atoms with E-state index in [9.17, 15) is 4.79 Å². The van der Waals surface area contributed by atoms with E-state index in [0.29, 0.717) is 15.0 Å². The van der Waals surface area contributed by atoms with Crippen LogP contribution in [0.4, 0.5) is 11.4 Å². The quantitative estimate of drug-likeness (QED) is 0.311. The Hall–Kier alpha value is -1.80. The lowest BCUT2D eigenvalue weighted by Crippen LogP contribution is -2.19. The van der Waals surface area contributed by atoms with Crippen LogP contribution in [0.1, 0.15) is 9.67 Å². The second kappa shape index (κ2) is 8.26. The molecule has 8 heteroatoms. The maximum atomic E-state index is 11.8. The number of carbonyl (C=O) groups is 1. The summed E-state index contributed by atoms with van der Waals surface area (Å²) in [6, 6.07) is 13.6. The lowest BCUT2D eigenvalue weighted by Gasteiger charge is -2.13. The summed E-state index contributed by atoms with van der Waals surface area (Å²) in [5, 5.41) is 8.09. The molecule has 0 amide bonds. The Morgan fingerprint density at radius 1 is 1.23 bits per heavy atom. The molecule has 0 atom stereocenters. The average Bonchev–Trinajstić information content (AvgIpc) is 2.97. The molecule has 2 aromatic carbocycles. The number of rotatable bonds is 4. The van der Waals surface area contributed by atoms with Gasteiger partial charge in [0.2, 0.25) is 0 Å². The Bertz CT molecular complexity index is 988. The van der Waals surface area contributed by atoms with E-state index < -0.39 is 5.97 Å². The van der Waals surface area contributed by atoms with E-state index in [-0.39, 0.29) is 0 Å². The minimum atomic E-state index is -0.434. The molecule has 0 fully saturated rings. The van der Waals surface area contributed by atoms with E-state index >= 15 is 0 Å². The van der Waals surface area contributed by atoms with Crippen molar-refractivity contribution in [2.75, 3.05) is 24.0 Å². The SMILES string of the molecule is COC(=O)c1sc2cc(NC(=S)Nc3ccccc3SC)ccc2c1Cl. The number of ether oxygens (including phenoxy) is 1. The van der Waals surface area contributed by atoms with E-state index in [4.69, 9.17) is 28.6 Å². The standard InChI is InChI=1S/C18H15ClN2O2S3/c1-23-17(22)16-15(19)11-8-7-10(9-14(11)26-16)20-18(24)21-12-5-3-4-6-13(12)25-2/h3-9H,1-2H3,(H2,20,21,24). The molecular formula is C18H15ClN2O2S3. The Morgan fingerprint density at radius 2 is 2.00 bits per heavy atom. The summed E-state index contributed by atoms with van der Waals surface area (Å²) in [5.74, 6) is -0.434. The first kappa shape index (κ1) is 19.0. The summed E-state index contributed by atoms with van der Waals surface area (Å²) in [6.45, 7) is 0. The number of para-hydroxylation sites is 1. The fourth-order valence-electron chi connectivity index (χ4n) is 2.40. The normalized spacial score (nSPS) is 10.6. The predicted molar refractivity (Wildman–Crippen MR) is 116 cm³/mol. The van der Waals surface area contributed by atoms with Gasteiger partial charge < -0.3 is 15.4 Å². The van der Waals surface area contributed by atoms with Crippen LogP contribution in [0.25, 0.3) is 10.1 Å². The van der Waals surface area contributed by atoms with Crippen molar-refractivity contribution >= 4 is 79.5 Å². The van der Waals surface area contributed by atoms with Crippen LogP contribution in [0.2, 0.25) is 5.02 Å². The van der Waals surface area contributed by atoms with E-state index in [2.05, 4.69) is 10.6 Å². The van der Waals surface area contributed by atoms with Crippen LogP contribution in [0, 0.1) is 0 Å². The molecule has 0 aliphatic heterocycles. The lowest BCUT2D eigenvalue weighted by molar-refractivity contribution is 0.0606. The summed E-state index contributed by atoms with van der Waals surface area (Å²) in [4.78, 5) is 13.3. The third-order valence-corrected chi connectivity index (χ3v) is 6.25. The number of carbonyl (C=O) groups excluding carboxylic acids is 1. The van der Waals surface area contributed by atoms with Crippen molar-refractivity contribution in [3.63, 3.8) is 0 Å². The van der Waals surface area contributed by atoms with Crippen molar-refractivity contribution in [1.82, 2.24) is 0 Å². The Labute approximate surface area is 169 Å². The molecule has 3 rings (SSSR count). The van der Waals surface area contributed by atoms with E-state index in [1.165, 1.54) is 18.4 Å². The molecule has 4 nitrogen and oxygen atoms in total. The second-order valence-electron chi connectivity index (χ2n) is 5.23. The maximum absolute atomic E-state index is 11.8. The van der Waals surface area contributed by atoms with Gasteiger partial charge in [0.25, 0.3) is 0 Å². The third kappa shape index (κ3) is 3.96. The number of thiophene rings is 1. The van der Waals surface area contributed by atoms with Crippen LogP contribution in [-0.2, 0) is 4.74 Å². The van der Waals surface area contributed by atoms with Gasteiger partial charge in [0.05, 0.1) is 17.8 Å². The zero-order valence-electron chi connectivity index (χ0n) is 14.0. The molecule has 2 N–H and O–H groups in total. The highest BCUT2D eigenvalue weighted by Gasteiger charge is 2.17. The summed E-state index contributed by atoms with van der Waals surface area (Å²) >= 11 is 14.6. The summed E-state index contributed by atoms with van der Waals surface area (Å²) in [5.41, 5.74) is 1.76. The first-order chi connectivity index (χ1) is 12.5. The number of esters is 1. The van der Waals surface area contributed by atoms with Gasteiger partial charge in [0, 0.05) is 20.7 Å². The summed E-state index contributed by atoms with van der Waals surface area (Å²) < 4.78 is 5.65.